The molecular weight excluding hydrogens is 278 g/mol. The molecule has 0 unspecified atom stereocenters. The van der Waals surface area contributed by atoms with Crippen LogP contribution in [0.2, 0.25) is 0 Å². The van der Waals surface area contributed by atoms with Gasteiger partial charge in [-0.1, -0.05) is 0 Å². The molecule has 0 aliphatic heterocycles. The van der Waals surface area contributed by atoms with Crippen molar-refractivity contribution in [2.75, 3.05) is 19.8 Å². The number of hydrogen-bond acceptors (Lipinski definition) is 5. The van der Waals surface area contributed by atoms with Crippen LogP contribution in [0.5, 0.6) is 0 Å². The Bertz CT molecular complexity index is 520. The lowest BCUT2D eigenvalue weighted by molar-refractivity contribution is 0.0698. The van der Waals surface area contributed by atoms with Crippen LogP contribution in [0.15, 0.2) is 10.3 Å². The quantitative estimate of drug-likeness (QED) is 0.734. The van der Waals surface area contributed by atoms with Gasteiger partial charge >= 0.3 is 5.97 Å². The smallest absolute Gasteiger partial charge is 0.347 e. The number of rotatable bonds is 7. The standard InChI is InChI=1S/C10H15NO5S2/c1-3-16-5-4-11-18(14,15)9-7(2)6-17-8(9)10(12)13/h6,11H,3-5H2,1-2H3,(H,12,13). The second kappa shape index (κ2) is 6.28. The summed E-state index contributed by atoms with van der Waals surface area (Å²) in [4.78, 5) is 10.6. The van der Waals surface area contributed by atoms with Gasteiger partial charge in [-0.15, -0.1) is 11.3 Å². The number of sulfonamides is 1. The summed E-state index contributed by atoms with van der Waals surface area (Å²) < 4.78 is 31.3. The van der Waals surface area contributed by atoms with Gasteiger partial charge in [0.1, 0.15) is 9.77 Å². The van der Waals surface area contributed by atoms with Crippen LogP contribution in [0.3, 0.4) is 0 Å². The molecule has 18 heavy (non-hydrogen) atoms. The molecular formula is C10H15NO5S2. The van der Waals surface area contributed by atoms with Crippen molar-refractivity contribution in [1.29, 1.82) is 0 Å². The van der Waals surface area contributed by atoms with Crippen LogP contribution in [0.1, 0.15) is 22.2 Å². The number of ether oxygens (including phenoxy) is 1. The molecule has 1 aromatic rings. The van der Waals surface area contributed by atoms with Gasteiger partial charge in [0.2, 0.25) is 10.0 Å². The lowest BCUT2D eigenvalue weighted by Crippen LogP contribution is -2.28. The maximum absolute atomic E-state index is 12.0. The number of thiophene rings is 1. The molecule has 0 aromatic carbocycles. The van der Waals surface area contributed by atoms with Crippen molar-refractivity contribution in [3.05, 3.63) is 15.8 Å². The molecule has 1 aromatic heterocycles. The van der Waals surface area contributed by atoms with E-state index in [0.717, 1.165) is 11.3 Å². The Morgan fingerprint density at radius 3 is 2.78 bits per heavy atom. The van der Waals surface area contributed by atoms with Crippen LogP contribution in [-0.4, -0.2) is 39.3 Å². The van der Waals surface area contributed by atoms with Gasteiger partial charge in [0.15, 0.2) is 0 Å². The SMILES string of the molecule is CCOCCNS(=O)(=O)c1c(C)csc1C(=O)O. The molecule has 6 nitrogen and oxygen atoms in total. The van der Waals surface area contributed by atoms with E-state index in [9.17, 15) is 13.2 Å². The normalized spacial score (nSPS) is 11.7. The number of nitrogens with one attached hydrogen (secondary N) is 1. The lowest BCUT2D eigenvalue weighted by atomic mass is 10.3. The van der Waals surface area contributed by atoms with Gasteiger partial charge in [-0.2, -0.15) is 0 Å². The Hall–Kier alpha value is -0.960. The zero-order chi connectivity index (χ0) is 13.8. The minimum Gasteiger partial charge on any atom is -0.477 e. The Labute approximate surface area is 110 Å². The largest absolute Gasteiger partial charge is 0.477 e. The highest BCUT2D eigenvalue weighted by atomic mass is 32.2. The van der Waals surface area contributed by atoms with Crippen LogP contribution >= 0.6 is 11.3 Å². The average molecular weight is 293 g/mol. The Morgan fingerprint density at radius 1 is 1.56 bits per heavy atom. The van der Waals surface area contributed by atoms with Crippen LogP contribution in [0.25, 0.3) is 0 Å². The zero-order valence-electron chi connectivity index (χ0n) is 10.1. The van der Waals surface area contributed by atoms with Gasteiger partial charge in [0, 0.05) is 13.2 Å². The summed E-state index contributed by atoms with van der Waals surface area (Å²) in [5.41, 5.74) is 0.432. The summed E-state index contributed by atoms with van der Waals surface area (Å²) in [6.45, 7) is 4.24. The van der Waals surface area contributed by atoms with E-state index in [1.165, 1.54) is 5.38 Å². The van der Waals surface area contributed by atoms with Crippen LogP contribution in [-0.2, 0) is 14.8 Å². The van der Waals surface area contributed by atoms with Crippen molar-refractivity contribution in [3.63, 3.8) is 0 Å². The summed E-state index contributed by atoms with van der Waals surface area (Å²) in [5.74, 6) is -1.24. The second-order valence-corrected chi connectivity index (χ2v) is 6.06. The number of aryl methyl sites for hydroxylation is 1. The highest BCUT2D eigenvalue weighted by Crippen LogP contribution is 2.26. The molecule has 0 aliphatic rings. The Kier molecular flexibility index (Phi) is 5.27. The number of hydrogen-bond donors (Lipinski definition) is 2. The number of carbonyl (C=O) groups is 1. The van der Waals surface area contributed by atoms with Crippen molar-refractivity contribution in [2.45, 2.75) is 18.7 Å². The highest BCUT2D eigenvalue weighted by Gasteiger charge is 2.26. The molecule has 0 amide bonds. The van der Waals surface area contributed by atoms with Crippen molar-refractivity contribution in [3.8, 4) is 0 Å². The molecule has 102 valence electrons. The van der Waals surface area contributed by atoms with Crippen molar-refractivity contribution < 1.29 is 23.1 Å². The fraction of sp³-hybridized carbons (Fsp3) is 0.500. The Balaban J connectivity index is 2.91. The summed E-state index contributed by atoms with van der Waals surface area (Å²) in [5, 5.41) is 10.5. The van der Waals surface area contributed by atoms with Gasteiger partial charge in [0.25, 0.3) is 0 Å². The van der Waals surface area contributed by atoms with Crippen LogP contribution < -0.4 is 4.72 Å². The summed E-state index contributed by atoms with van der Waals surface area (Å²) >= 11 is 0.905. The second-order valence-electron chi connectivity index (χ2n) is 3.48. The molecule has 0 aliphatic carbocycles. The molecule has 0 radical (unpaired) electrons. The third-order valence-electron chi connectivity index (χ3n) is 2.12. The van der Waals surface area contributed by atoms with Crippen LogP contribution in [0, 0.1) is 6.92 Å². The van der Waals surface area contributed by atoms with E-state index in [0.29, 0.717) is 12.2 Å². The molecule has 2 N–H and O–H groups in total. The first-order chi connectivity index (χ1) is 8.40. The minimum absolute atomic E-state index is 0.116. The van der Waals surface area contributed by atoms with E-state index >= 15 is 0 Å². The van der Waals surface area contributed by atoms with Gasteiger partial charge < -0.3 is 9.84 Å². The van der Waals surface area contributed by atoms with Gasteiger partial charge in [-0.3, -0.25) is 0 Å². The van der Waals surface area contributed by atoms with E-state index in [4.69, 9.17) is 9.84 Å². The molecule has 0 fully saturated rings. The third kappa shape index (κ3) is 3.52. The number of carboxylic acids is 1. The molecule has 0 atom stereocenters. The predicted molar refractivity (Wildman–Crippen MR) is 67.7 cm³/mol. The fourth-order valence-corrected chi connectivity index (χ4v) is 4.02. The average Bonchev–Trinajstić information content (AvgIpc) is 2.67. The lowest BCUT2D eigenvalue weighted by Gasteiger charge is -2.07. The zero-order valence-corrected chi connectivity index (χ0v) is 11.7. The van der Waals surface area contributed by atoms with Gasteiger partial charge in [-0.25, -0.2) is 17.9 Å². The number of carboxylic acid groups (broad SMARTS) is 1. The molecule has 0 spiro atoms. The molecule has 0 bridgehead atoms. The van der Waals surface area contributed by atoms with Crippen molar-refractivity contribution in [2.24, 2.45) is 0 Å². The summed E-state index contributed by atoms with van der Waals surface area (Å²) in [7, 11) is -3.80. The maximum Gasteiger partial charge on any atom is 0.347 e. The Morgan fingerprint density at radius 2 is 2.22 bits per heavy atom. The first-order valence-corrected chi connectivity index (χ1v) is 7.65. The third-order valence-corrected chi connectivity index (χ3v) is 4.99. The predicted octanol–water partition coefficient (Wildman–Crippen LogP) is 1.07. The molecule has 8 heteroatoms. The van der Waals surface area contributed by atoms with E-state index in [-0.39, 0.29) is 22.9 Å². The topological polar surface area (TPSA) is 92.7 Å². The van der Waals surface area contributed by atoms with Crippen LogP contribution in [0.4, 0.5) is 0 Å². The van der Waals surface area contributed by atoms with Gasteiger partial charge in [-0.05, 0) is 24.8 Å². The van der Waals surface area contributed by atoms with E-state index in [1.54, 1.807) is 13.8 Å². The van der Waals surface area contributed by atoms with Crippen molar-refractivity contribution >= 4 is 27.3 Å². The monoisotopic (exact) mass is 293 g/mol. The summed E-state index contributed by atoms with van der Waals surface area (Å²) in [6, 6.07) is 0. The minimum atomic E-state index is -3.80. The summed E-state index contributed by atoms with van der Waals surface area (Å²) in [6.07, 6.45) is 0. The van der Waals surface area contributed by atoms with E-state index in [2.05, 4.69) is 4.72 Å². The fourth-order valence-electron chi connectivity index (χ4n) is 1.38. The molecule has 0 saturated carbocycles. The first kappa shape index (κ1) is 15.1. The highest BCUT2D eigenvalue weighted by molar-refractivity contribution is 7.89. The van der Waals surface area contributed by atoms with Gasteiger partial charge in [0.05, 0.1) is 6.61 Å². The first-order valence-electron chi connectivity index (χ1n) is 5.29. The van der Waals surface area contributed by atoms with E-state index in [1.807, 2.05) is 0 Å². The maximum atomic E-state index is 12.0. The van der Waals surface area contributed by atoms with E-state index < -0.39 is 16.0 Å². The molecule has 1 heterocycles. The number of aromatic carboxylic acids is 1. The molecule has 1 rings (SSSR count). The van der Waals surface area contributed by atoms with Crippen molar-refractivity contribution in [1.82, 2.24) is 4.72 Å². The molecule has 0 saturated heterocycles.